The third-order valence-electron chi connectivity index (χ3n) is 10.7. The fraction of sp³-hybridized carbons (Fsp3) is 0.745. The smallest absolute Gasteiger partial charge is 0.306 e. The summed E-state index contributed by atoms with van der Waals surface area (Å²) in [5.74, 6) is -0.421. The molecule has 0 saturated carbocycles. The molecule has 0 bridgehead atoms. The molecule has 0 fully saturated rings. The van der Waals surface area contributed by atoms with Crippen LogP contribution in [0.25, 0.3) is 0 Å². The molecule has 5 nitrogen and oxygen atoms in total. The summed E-state index contributed by atoms with van der Waals surface area (Å²) < 4.78 is 17.4. The first-order chi connectivity index (χ1) is 29.6. The van der Waals surface area contributed by atoms with Gasteiger partial charge in [-0.05, 0) is 83.5 Å². The summed E-state index contributed by atoms with van der Waals surface area (Å²) in [4.78, 5) is 25.4. The van der Waals surface area contributed by atoms with Crippen molar-refractivity contribution in [3.8, 4) is 0 Å². The van der Waals surface area contributed by atoms with Crippen molar-refractivity contribution in [2.75, 3.05) is 19.8 Å². The third-order valence-corrected chi connectivity index (χ3v) is 10.7. The van der Waals surface area contributed by atoms with Crippen molar-refractivity contribution in [3.63, 3.8) is 0 Å². The van der Waals surface area contributed by atoms with E-state index in [1.165, 1.54) is 116 Å². The Balaban J connectivity index is 4.31. The number of allylic oxidation sites excluding steroid dienone is 12. The predicted molar refractivity (Wildman–Crippen MR) is 260 cm³/mol. The van der Waals surface area contributed by atoms with Gasteiger partial charge >= 0.3 is 11.9 Å². The molecule has 0 radical (unpaired) electrons. The van der Waals surface area contributed by atoms with Crippen molar-refractivity contribution in [2.24, 2.45) is 0 Å². The highest BCUT2D eigenvalue weighted by Gasteiger charge is 2.17. The Hall–Kier alpha value is -2.66. The van der Waals surface area contributed by atoms with Crippen LogP contribution in [0, 0.1) is 0 Å². The van der Waals surface area contributed by atoms with Crippen molar-refractivity contribution in [3.05, 3.63) is 72.9 Å². The summed E-state index contributed by atoms with van der Waals surface area (Å²) in [5, 5.41) is 0. The summed E-state index contributed by atoms with van der Waals surface area (Å²) in [6.07, 6.45) is 64.8. The van der Waals surface area contributed by atoms with Crippen LogP contribution in [0.4, 0.5) is 0 Å². The second-order valence-corrected chi connectivity index (χ2v) is 16.7. The van der Waals surface area contributed by atoms with Gasteiger partial charge in [-0.1, -0.05) is 216 Å². The number of hydrogen-bond donors (Lipinski definition) is 0. The van der Waals surface area contributed by atoms with Crippen LogP contribution in [0.15, 0.2) is 72.9 Å². The lowest BCUT2D eigenvalue weighted by Crippen LogP contribution is -2.30. The minimum Gasteiger partial charge on any atom is -0.462 e. The molecular weight excluding hydrogens is 741 g/mol. The Kier molecular flexibility index (Phi) is 48.4. The highest BCUT2D eigenvalue weighted by atomic mass is 16.6. The Morgan fingerprint density at radius 3 is 1.27 bits per heavy atom. The Bertz CT molecular complexity index is 1080. The molecule has 0 aliphatic rings. The molecule has 1 atom stereocenters. The van der Waals surface area contributed by atoms with Crippen LogP contribution < -0.4 is 0 Å². The zero-order chi connectivity index (χ0) is 43.5. The monoisotopic (exact) mass is 837 g/mol. The first-order valence-electron chi connectivity index (χ1n) is 25.5. The molecule has 0 aliphatic carbocycles. The second kappa shape index (κ2) is 50.7. The maximum atomic E-state index is 12.8. The summed E-state index contributed by atoms with van der Waals surface area (Å²) in [5.41, 5.74) is 0. The molecule has 0 spiro atoms. The lowest BCUT2D eigenvalue weighted by Gasteiger charge is -2.18. The molecular formula is C55H96O5. The average Bonchev–Trinajstić information content (AvgIpc) is 3.25. The van der Waals surface area contributed by atoms with E-state index in [0.29, 0.717) is 19.4 Å². The van der Waals surface area contributed by atoms with E-state index in [1.807, 2.05) is 0 Å². The number of esters is 2. The van der Waals surface area contributed by atoms with E-state index in [2.05, 4.69) is 93.7 Å². The number of hydrogen-bond acceptors (Lipinski definition) is 5. The largest absolute Gasteiger partial charge is 0.462 e. The number of rotatable bonds is 46. The predicted octanol–water partition coefficient (Wildman–Crippen LogP) is 17.1. The fourth-order valence-electron chi connectivity index (χ4n) is 6.95. The molecule has 0 heterocycles. The molecule has 0 rings (SSSR count). The van der Waals surface area contributed by atoms with Gasteiger partial charge < -0.3 is 14.2 Å². The van der Waals surface area contributed by atoms with Crippen LogP contribution in [0.3, 0.4) is 0 Å². The van der Waals surface area contributed by atoms with Gasteiger partial charge in [0.15, 0.2) is 6.10 Å². The highest BCUT2D eigenvalue weighted by molar-refractivity contribution is 5.70. The minimum atomic E-state index is -0.551. The molecule has 0 aliphatic heterocycles. The van der Waals surface area contributed by atoms with Gasteiger partial charge in [0.1, 0.15) is 6.61 Å². The van der Waals surface area contributed by atoms with E-state index in [4.69, 9.17) is 14.2 Å². The summed E-state index contributed by atoms with van der Waals surface area (Å²) in [6.45, 7) is 7.61. The second-order valence-electron chi connectivity index (χ2n) is 16.7. The van der Waals surface area contributed by atoms with E-state index >= 15 is 0 Å². The standard InChI is InChI=1S/C55H96O5/c1-4-7-10-13-16-19-22-25-26-27-28-29-32-35-38-41-44-47-50-58-51-53(60-55(57)49-46-43-40-37-34-31-24-21-18-15-12-9-6-3)52-59-54(56)48-45-42-39-36-33-30-23-20-17-14-11-8-5-2/h7,10-11,14,16,19-20,23,25-26,28-29,53H,4-6,8-9,12-13,15,17-18,21-22,24,27,30-52H2,1-3H3/b10-7-,14-11-,19-16-,23-20-,26-25-,29-28-. The van der Waals surface area contributed by atoms with Gasteiger partial charge in [-0.2, -0.15) is 0 Å². The summed E-state index contributed by atoms with van der Waals surface area (Å²) >= 11 is 0. The molecule has 0 aromatic rings. The summed E-state index contributed by atoms with van der Waals surface area (Å²) in [6, 6.07) is 0. The van der Waals surface area contributed by atoms with Gasteiger partial charge in [-0.3, -0.25) is 9.59 Å². The normalized spacial score (nSPS) is 12.8. The molecule has 1 unspecified atom stereocenters. The zero-order valence-electron chi connectivity index (χ0n) is 39.7. The van der Waals surface area contributed by atoms with E-state index in [-0.39, 0.29) is 25.2 Å². The lowest BCUT2D eigenvalue weighted by molar-refractivity contribution is -0.163. The minimum absolute atomic E-state index is 0.0699. The van der Waals surface area contributed by atoms with Crippen LogP contribution >= 0.6 is 0 Å². The van der Waals surface area contributed by atoms with Crippen LogP contribution in [0.2, 0.25) is 0 Å². The van der Waals surface area contributed by atoms with Crippen molar-refractivity contribution in [2.45, 2.75) is 245 Å². The molecule has 346 valence electrons. The SMILES string of the molecule is CC/C=C\C/C=C\C/C=C\C/C=C\CCCCCCCOCC(COC(=O)CCCCCCC/C=C\C/C=C\CCC)OC(=O)CCCCCCCCCCCCCCC. The number of ether oxygens (including phenoxy) is 3. The molecule has 0 saturated heterocycles. The highest BCUT2D eigenvalue weighted by Crippen LogP contribution is 2.14. The van der Waals surface area contributed by atoms with Gasteiger partial charge in [0, 0.05) is 19.4 Å². The molecule has 5 heteroatoms. The third kappa shape index (κ3) is 48.0. The Morgan fingerprint density at radius 1 is 0.383 bits per heavy atom. The van der Waals surface area contributed by atoms with Gasteiger partial charge in [0.2, 0.25) is 0 Å². The van der Waals surface area contributed by atoms with Crippen molar-refractivity contribution in [1.82, 2.24) is 0 Å². The van der Waals surface area contributed by atoms with Gasteiger partial charge in [-0.25, -0.2) is 0 Å². The average molecular weight is 837 g/mol. The maximum Gasteiger partial charge on any atom is 0.306 e. The molecule has 0 N–H and O–H groups in total. The lowest BCUT2D eigenvalue weighted by atomic mass is 10.0. The van der Waals surface area contributed by atoms with Crippen LogP contribution in [-0.4, -0.2) is 37.9 Å². The van der Waals surface area contributed by atoms with Crippen LogP contribution in [0.1, 0.15) is 239 Å². The summed E-state index contributed by atoms with van der Waals surface area (Å²) in [7, 11) is 0. The first kappa shape index (κ1) is 57.3. The maximum absolute atomic E-state index is 12.8. The Labute approximate surface area is 372 Å². The van der Waals surface area contributed by atoms with E-state index in [9.17, 15) is 9.59 Å². The van der Waals surface area contributed by atoms with Crippen molar-refractivity contribution < 1.29 is 23.8 Å². The Morgan fingerprint density at radius 2 is 0.783 bits per heavy atom. The van der Waals surface area contributed by atoms with Gasteiger partial charge in [-0.15, -0.1) is 0 Å². The van der Waals surface area contributed by atoms with Gasteiger partial charge in [0.05, 0.1) is 6.61 Å². The number of carbonyl (C=O) groups excluding carboxylic acids is 2. The van der Waals surface area contributed by atoms with Crippen molar-refractivity contribution in [1.29, 1.82) is 0 Å². The topological polar surface area (TPSA) is 61.8 Å². The van der Waals surface area contributed by atoms with E-state index in [1.54, 1.807) is 0 Å². The van der Waals surface area contributed by atoms with E-state index < -0.39 is 6.10 Å². The molecule has 0 amide bonds. The van der Waals surface area contributed by atoms with Gasteiger partial charge in [0.25, 0.3) is 0 Å². The molecule has 60 heavy (non-hydrogen) atoms. The van der Waals surface area contributed by atoms with E-state index in [0.717, 1.165) is 89.9 Å². The number of unbranched alkanes of at least 4 members (excludes halogenated alkanes) is 23. The fourth-order valence-corrected chi connectivity index (χ4v) is 6.95. The van der Waals surface area contributed by atoms with Crippen LogP contribution in [0.5, 0.6) is 0 Å². The van der Waals surface area contributed by atoms with Crippen LogP contribution in [-0.2, 0) is 23.8 Å². The first-order valence-corrected chi connectivity index (χ1v) is 25.5. The quantitative estimate of drug-likeness (QED) is 0.0347. The zero-order valence-corrected chi connectivity index (χ0v) is 39.7. The number of carbonyl (C=O) groups is 2. The molecule has 0 aromatic carbocycles. The molecule has 0 aromatic heterocycles. The van der Waals surface area contributed by atoms with Crippen molar-refractivity contribution >= 4 is 11.9 Å².